The first-order valence-electron chi connectivity index (χ1n) is 4.41. The van der Waals surface area contributed by atoms with E-state index in [0.29, 0.717) is 12.8 Å². The number of primary amides is 1. The second-order valence-electron chi connectivity index (χ2n) is 3.60. The molecule has 0 spiro atoms. The molecular weight excluding hydrogens is 172 g/mol. The molecule has 0 aliphatic heterocycles. The Morgan fingerprint density at radius 3 is 2.54 bits per heavy atom. The molecule has 0 radical (unpaired) electrons. The molecule has 0 bridgehead atoms. The van der Waals surface area contributed by atoms with Crippen molar-refractivity contribution in [2.45, 2.75) is 25.0 Å². The van der Waals surface area contributed by atoms with E-state index in [0.717, 1.165) is 0 Å². The maximum Gasteiger partial charge on any atom is 0.223 e. The smallest absolute Gasteiger partial charge is 0.223 e. The summed E-state index contributed by atoms with van der Waals surface area (Å²) in [5, 5.41) is 18.5. The Bertz CT molecular complexity index is 196. The highest BCUT2D eigenvalue weighted by Crippen LogP contribution is 2.29. The van der Waals surface area contributed by atoms with Crippen LogP contribution in [0.4, 0.5) is 0 Å². The van der Waals surface area contributed by atoms with Crippen LogP contribution < -0.4 is 11.5 Å². The van der Waals surface area contributed by atoms with Gasteiger partial charge < -0.3 is 21.7 Å². The van der Waals surface area contributed by atoms with Gasteiger partial charge in [0.2, 0.25) is 5.91 Å². The number of rotatable bonds is 2. The number of nitrogens with two attached hydrogens (primary N) is 2. The molecule has 1 amide bonds. The summed E-state index contributed by atoms with van der Waals surface area (Å²) in [6, 6.07) is -0.403. The number of carbonyl (C=O) groups excluding carboxylic acids is 1. The lowest BCUT2D eigenvalue weighted by Crippen LogP contribution is -2.52. The van der Waals surface area contributed by atoms with Crippen LogP contribution in [0.5, 0.6) is 0 Å². The molecule has 4 atom stereocenters. The first kappa shape index (κ1) is 10.4. The van der Waals surface area contributed by atoms with Gasteiger partial charge in [-0.25, -0.2) is 0 Å². The molecule has 1 aliphatic carbocycles. The van der Waals surface area contributed by atoms with Gasteiger partial charge in [0.05, 0.1) is 12.0 Å². The average molecular weight is 188 g/mol. The van der Waals surface area contributed by atoms with Crippen LogP contribution in [0, 0.1) is 11.8 Å². The zero-order valence-electron chi connectivity index (χ0n) is 7.39. The van der Waals surface area contributed by atoms with E-state index in [1.54, 1.807) is 0 Å². The van der Waals surface area contributed by atoms with Gasteiger partial charge in [-0.15, -0.1) is 0 Å². The molecule has 5 nitrogen and oxygen atoms in total. The predicted molar refractivity (Wildman–Crippen MR) is 46.5 cm³/mol. The highest BCUT2D eigenvalue weighted by Gasteiger charge is 2.39. The summed E-state index contributed by atoms with van der Waals surface area (Å²) in [5.74, 6) is -1.53. The monoisotopic (exact) mass is 188 g/mol. The topological polar surface area (TPSA) is 110 Å². The number of carbonyl (C=O) groups is 1. The summed E-state index contributed by atoms with van der Waals surface area (Å²) in [5.41, 5.74) is 10.7. The third-order valence-electron chi connectivity index (χ3n) is 2.75. The van der Waals surface area contributed by atoms with Crippen molar-refractivity contribution in [2.24, 2.45) is 23.3 Å². The largest absolute Gasteiger partial charge is 0.396 e. The quantitative estimate of drug-likeness (QED) is 0.409. The molecule has 0 saturated heterocycles. The maximum atomic E-state index is 11.0. The summed E-state index contributed by atoms with van der Waals surface area (Å²) < 4.78 is 0. The van der Waals surface area contributed by atoms with Crippen LogP contribution in [-0.2, 0) is 4.79 Å². The molecule has 5 heteroatoms. The van der Waals surface area contributed by atoms with E-state index in [1.165, 1.54) is 0 Å². The molecule has 0 aromatic carbocycles. The zero-order chi connectivity index (χ0) is 10.0. The summed E-state index contributed by atoms with van der Waals surface area (Å²) in [4.78, 5) is 11.0. The minimum absolute atomic E-state index is 0.128. The Morgan fingerprint density at radius 2 is 2.08 bits per heavy atom. The number of amides is 1. The van der Waals surface area contributed by atoms with Crippen LogP contribution >= 0.6 is 0 Å². The fraction of sp³-hybridized carbons (Fsp3) is 0.875. The Kier molecular flexibility index (Phi) is 3.24. The SMILES string of the molecule is NC(=O)C1C(CO)CCC(N)C1O. The van der Waals surface area contributed by atoms with Gasteiger partial charge in [0.15, 0.2) is 0 Å². The first-order chi connectivity index (χ1) is 6.07. The normalized spacial score (nSPS) is 40.2. The van der Waals surface area contributed by atoms with Gasteiger partial charge in [-0.05, 0) is 18.8 Å². The molecule has 1 saturated carbocycles. The fourth-order valence-electron chi connectivity index (χ4n) is 1.91. The maximum absolute atomic E-state index is 11.0. The molecule has 0 aromatic rings. The highest BCUT2D eigenvalue weighted by atomic mass is 16.3. The lowest BCUT2D eigenvalue weighted by Gasteiger charge is -2.36. The first-order valence-corrected chi connectivity index (χ1v) is 4.41. The lowest BCUT2D eigenvalue weighted by atomic mass is 9.75. The third kappa shape index (κ3) is 1.99. The van der Waals surface area contributed by atoms with Crippen molar-refractivity contribution < 1.29 is 15.0 Å². The van der Waals surface area contributed by atoms with Crippen molar-refractivity contribution >= 4 is 5.91 Å². The van der Waals surface area contributed by atoms with Gasteiger partial charge in [0.25, 0.3) is 0 Å². The predicted octanol–water partition coefficient (Wildman–Crippen LogP) is -1.82. The summed E-state index contributed by atoms with van der Waals surface area (Å²) in [7, 11) is 0. The molecular formula is C8H16N2O3. The summed E-state index contributed by atoms with van der Waals surface area (Å²) in [6.45, 7) is -0.128. The van der Waals surface area contributed by atoms with E-state index in [1.807, 2.05) is 0 Å². The van der Waals surface area contributed by atoms with Gasteiger partial charge in [-0.3, -0.25) is 4.79 Å². The fourth-order valence-corrected chi connectivity index (χ4v) is 1.91. The molecule has 1 fully saturated rings. The Hall–Kier alpha value is -0.650. The van der Waals surface area contributed by atoms with E-state index in [-0.39, 0.29) is 12.5 Å². The Labute approximate surface area is 76.7 Å². The minimum atomic E-state index is -0.914. The number of hydrogen-bond acceptors (Lipinski definition) is 4. The molecule has 6 N–H and O–H groups in total. The molecule has 0 heterocycles. The van der Waals surface area contributed by atoms with Crippen molar-refractivity contribution in [2.75, 3.05) is 6.61 Å². The van der Waals surface area contributed by atoms with E-state index >= 15 is 0 Å². The molecule has 76 valence electrons. The average Bonchev–Trinajstić information content (AvgIpc) is 2.08. The summed E-state index contributed by atoms with van der Waals surface area (Å²) in [6.07, 6.45) is 0.349. The van der Waals surface area contributed by atoms with E-state index in [9.17, 15) is 9.90 Å². The Morgan fingerprint density at radius 1 is 1.46 bits per heavy atom. The van der Waals surface area contributed by atoms with Crippen LogP contribution in [0.15, 0.2) is 0 Å². The molecule has 1 rings (SSSR count). The number of aliphatic hydroxyl groups is 2. The van der Waals surface area contributed by atoms with Gasteiger partial charge in [0, 0.05) is 12.6 Å². The molecule has 13 heavy (non-hydrogen) atoms. The molecule has 0 aromatic heterocycles. The number of hydrogen-bond donors (Lipinski definition) is 4. The van der Waals surface area contributed by atoms with Crippen LogP contribution in [0.1, 0.15) is 12.8 Å². The van der Waals surface area contributed by atoms with Crippen molar-refractivity contribution in [1.29, 1.82) is 0 Å². The standard InChI is InChI=1S/C8H16N2O3/c9-5-2-1-4(3-11)6(7(5)12)8(10)13/h4-7,11-12H,1-3,9H2,(H2,10,13). The van der Waals surface area contributed by atoms with Crippen LogP contribution in [0.3, 0.4) is 0 Å². The van der Waals surface area contributed by atoms with Gasteiger partial charge in [-0.2, -0.15) is 0 Å². The summed E-state index contributed by atoms with van der Waals surface area (Å²) >= 11 is 0. The van der Waals surface area contributed by atoms with Crippen LogP contribution in [0.2, 0.25) is 0 Å². The second kappa shape index (κ2) is 4.04. The third-order valence-corrected chi connectivity index (χ3v) is 2.75. The van der Waals surface area contributed by atoms with Crippen molar-refractivity contribution in [3.8, 4) is 0 Å². The highest BCUT2D eigenvalue weighted by molar-refractivity contribution is 5.77. The molecule has 4 unspecified atom stereocenters. The van der Waals surface area contributed by atoms with Gasteiger partial charge in [-0.1, -0.05) is 0 Å². The van der Waals surface area contributed by atoms with Gasteiger partial charge >= 0.3 is 0 Å². The van der Waals surface area contributed by atoms with Crippen molar-refractivity contribution in [3.05, 3.63) is 0 Å². The second-order valence-corrected chi connectivity index (χ2v) is 3.60. The minimum Gasteiger partial charge on any atom is -0.396 e. The molecule has 1 aliphatic rings. The number of aliphatic hydroxyl groups excluding tert-OH is 2. The van der Waals surface area contributed by atoms with E-state index in [2.05, 4.69) is 0 Å². The van der Waals surface area contributed by atoms with Crippen molar-refractivity contribution in [1.82, 2.24) is 0 Å². The van der Waals surface area contributed by atoms with Crippen LogP contribution in [0.25, 0.3) is 0 Å². The lowest BCUT2D eigenvalue weighted by molar-refractivity contribution is -0.131. The van der Waals surface area contributed by atoms with Crippen LogP contribution in [-0.4, -0.2) is 34.9 Å². The Balaban J connectivity index is 2.74. The van der Waals surface area contributed by atoms with E-state index in [4.69, 9.17) is 16.6 Å². The van der Waals surface area contributed by atoms with Crippen molar-refractivity contribution in [3.63, 3.8) is 0 Å². The van der Waals surface area contributed by atoms with Gasteiger partial charge in [0.1, 0.15) is 0 Å². The van der Waals surface area contributed by atoms with E-state index < -0.39 is 24.0 Å². The zero-order valence-corrected chi connectivity index (χ0v) is 7.39.